The minimum absolute atomic E-state index is 0.322. The fourth-order valence-electron chi connectivity index (χ4n) is 2.40. The van der Waals surface area contributed by atoms with Gasteiger partial charge in [-0.05, 0) is 32.4 Å². The van der Waals surface area contributed by atoms with Crippen LogP contribution in [0.2, 0.25) is 0 Å². The maximum atomic E-state index is 12.4. The van der Waals surface area contributed by atoms with E-state index in [-0.39, 0.29) is 0 Å². The smallest absolute Gasteiger partial charge is 0.246 e. The standard InChI is InChI=1S/C13H24N4O2S/c1-2-14-7-6-8-16-12-13(11-15-16)20(18,19)17-9-4-3-5-10-17/h11-12,14H,2-10H2,1H3. The summed E-state index contributed by atoms with van der Waals surface area (Å²) in [5.41, 5.74) is 0. The molecule has 2 heterocycles. The maximum Gasteiger partial charge on any atom is 0.246 e. The second-order valence-corrected chi connectivity index (χ2v) is 7.05. The summed E-state index contributed by atoms with van der Waals surface area (Å²) in [5.74, 6) is 0. The molecule has 7 heteroatoms. The van der Waals surface area contributed by atoms with Crippen LogP contribution in [-0.2, 0) is 16.6 Å². The highest BCUT2D eigenvalue weighted by Crippen LogP contribution is 2.19. The van der Waals surface area contributed by atoms with Gasteiger partial charge in [0.15, 0.2) is 0 Å². The van der Waals surface area contributed by atoms with E-state index in [1.165, 1.54) is 6.20 Å². The maximum absolute atomic E-state index is 12.4. The van der Waals surface area contributed by atoms with E-state index in [0.29, 0.717) is 18.0 Å². The van der Waals surface area contributed by atoms with Crippen LogP contribution in [0.1, 0.15) is 32.6 Å². The molecule has 0 radical (unpaired) electrons. The minimum Gasteiger partial charge on any atom is -0.317 e. The molecular weight excluding hydrogens is 276 g/mol. The molecule has 1 aliphatic heterocycles. The SMILES string of the molecule is CCNCCCn1cc(S(=O)(=O)N2CCCCC2)cn1. The highest BCUT2D eigenvalue weighted by molar-refractivity contribution is 7.89. The lowest BCUT2D eigenvalue weighted by molar-refractivity contribution is 0.346. The molecule has 1 N–H and O–H groups in total. The molecule has 0 spiro atoms. The number of aromatic nitrogens is 2. The molecular formula is C13H24N4O2S. The molecule has 1 saturated heterocycles. The summed E-state index contributed by atoms with van der Waals surface area (Å²) < 4.78 is 28.2. The summed E-state index contributed by atoms with van der Waals surface area (Å²) in [6.07, 6.45) is 7.09. The lowest BCUT2D eigenvalue weighted by atomic mass is 10.2. The third kappa shape index (κ3) is 3.80. The van der Waals surface area contributed by atoms with Crippen LogP contribution in [0.3, 0.4) is 0 Å². The summed E-state index contributed by atoms with van der Waals surface area (Å²) in [5, 5.41) is 7.40. The van der Waals surface area contributed by atoms with Crippen LogP contribution in [-0.4, -0.2) is 48.7 Å². The van der Waals surface area contributed by atoms with Crippen molar-refractivity contribution in [3.8, 4) is 0 Å². The third-order valence-electron chi connectivity index (χ3n) is 3.55. The topological polar surface area (TPSA) is 67.2 Å². The lowest BCUT2D eigenvalue weighted by Gasteiger charge is -2.25. The van der Waals surface area contributed by atoms with Crippen molar-refractivity contribution < 1.29 is 8.42 Å². The van der Waals surface area contributed by atoms with Crippen molar-refractivity contribution in [3.63, 3.8) is 0 Å². The number of hydrogen-bond acceptors (Lipinski definition) is 4. The van der Waals surface area contributed by atoms with Crippen LogP contribution in [0.4, 0.5) is 0 Å². The fourth-order valence-corrected chi connectivity index (χ4v) is 3.87. The van der Waals surface area contributed by atoms with Gasteiger partial charge in [-0.15, -0.1) is 0 Å². The highest BCUT2D eigenvalue weighted by atomic mass is 32.2. The van der Waals surface area contributed by atoms with Gasteiger partial charge in [0.05, 0.1) is 6.20 Å². The zero-order valence-corrected chi connectivity index (χ0v) is 12.9. The summed E-state index contributed by atoms with van der Waals surface area (Å²) in [6.45, 7) is 5.94. The van der Waals surface area contributed by atoms with Crippen LogP contribution < -0.4 is 5.32 Å². The fraction of sp³-hybridized carbons (Fsp3) is 0.769. The van der Waals surface area contributed by atoms with E-state index in [9.17, 15) is 8.42 Å². The van der Waals surface area contributed by atoms with Gasteiger partial charge in [0.2, 0.25) is 10.0 Å². The number of hydrogen-bond donors (Lipinski definition) is 1. The van der Waals surface area contributed by atoms with Gasteiger partial charge in [-0.3, -0.25) is 4.68 Å². The molecule has 6 nitrogen and oxygen atoms in total. The van der Waals surface area contributed by atoms with Gasteiger partial charge in [-0.2, -0.15) is 9.40 Å². The molecule has 0 amide bonds. The molecule has 0 saturated carbocycles. The Hall–Kier alpha value is -0.920. The van der Waals surface area contributed by atoms with Crippen molar-refractivity contribution in [1.82, 2.24) is 19.4 Å². The Morgan fingerprint density at radius 1 is 1.30 bits per heavy atom. The normalized spacial score (nSPS) is 17.4. The molecule has 0 atom stereocenters. The van der Waals surface area contributed by atoms with E-state index in [2.05, 4.69) is 17.3 Å². The van der Waals surface area contributed by atoms with Gasteiger partial charge in [-0.25, -0.2) is 8.42 Å². The summed E-state index contributed by atoms with van der Waals surface area (Å²) in [7, 11) is -3.34. The first-order valence-electron chi connectivity index (χ1n) is 7.38. The van der Waals surface area contributed by atoms with E-state index in [0.717, 1.165) is 45.3 Å². The number of sulfonamides is 1. The summed E-state index contributed by atoms with van der Waals surface area (Å²) >= 11 is 0. The zero-order chi connectivity index (χ0) is 14.4. The molecule has 1 fully saturated rings. The summed E-state index contributed by atoms with van der Waals surface area (Å²) in [4.78, 5) is 0.322. The molecule has 114 valence electrons. The van der Waals surface area contributed by atoms with Crippen molar-refractivity contribution in [1.29, 1.82) is 0 Å². The predicted molar refractivity (Wildman–Crippen MR) is 78.0 cm³/mol. The summed E-state index contributed by atoms with van der Waals surface area (Å²) in [6, 6.07) is 0. The Morgan fingerprint density at radius 2 is 2.05 bits per heavy atom. The van der Waals surface area contributed by atoms with E-state index in [1.807, 2.05) is 0 Å². The number of aryl methyl sites for hydroxylation is 1. The molecule has 1 aromatic rings. The monoisotopic (exact) mass is 300 g/mol. The average Bonchev–Trinajstić information content (AvgIpc) is 2.94. The molecule has 2 rings (SSSR count). The van der Waals surface area contributed by atoms with Crippen molar-refractivity contribution in [3.05, 3.63) is 12.4 Å². The second-order valence-electron chi connectivity index (χ2n) is 5.11. The average molecular weight is 300 g/mol. The first-order valence-corrected chi connectivity index (χ1v) is 8.82. The van der Waals surface area contributed by atoms with Gasteiger partial charge in [0.1, 0.15) is 4.90 Å². The lowest BCUT2D eigenvalue weighted by Crippen LogP contribution is -2.35. The van der Waals surface area contributed by atoms with Crippen molar-refractivity contribution in [2.24, 2.45) is 0 Å². The second kappa shape index (κ2) is 7.19. The molecule has 1 aromatic heterocycles. The third-order valence-corrected chi connectivity index (χ3v) is 5.40. The number of rotatable bonds is 7. The number of piperidine rings is 1. The highest BCUT2D eigenvalue weighted by Gasteiger charge is 2.27. The quantitative estimate of drug-likeness (QED) is 0.765. The van der Waals surface area contributed by atoms with Gasteiger partial charge in [0.25, 0.3) is 0 Å². The zero-order valence-electron chi connectivity index (χ0n) is 12.1. The van der Waals surface area contributed by atoms with Gasteiger partial charge < -0.3 is 5.32 Å². The Bertz CT molecular complexity index is 506. The van der Waals surface area contributed by atoms with E-state index >= 15 is 0 Å². The van der Waals surface area contributed by atoms with E-state index < -0.39 is 10.0 Å². The van der Waals surface area contributed by atoms with Crippen LogP contribution in [0.15, 0.2) is 17.3 Å². The number of nitrogens with one attached hydrogen (secondary N) is 1. The van der Waals surface area contributed by atoms with Crippen molar-refractivity contribution in [2.45, 2.75) is 44.0 Å². The van der Waals surface area contributed by atoms with Gasteiger partial charge in [0, 0.05) is 25.8 Å². The van der Waals surface area contributed by atoms with Gasteiger partial charge >= 0.3 is 0 Å². The molecule has 0 aliphatic carbocycles. The Kier molecular flexibility index (Phi) is 5.56. The van der Waals surface area contributed by atoms with Crippen LogP contribution >= 0.6 is 0 Å². The molecule has 1 aliphatic rings. The molecule has 20 heavy (non-hydrogen) atoms. The predicted octanol–water partition coefficient (Wildman–Crippen LogP) is 1.06. The van der Waals surface area contributed by atoms with Gasteiger partial charge in [-0.1, -0.05) is 13.3 Å². The van der Waals surface area contributed by atoms with E-state index in [1.54, 1.807) is 15.2 Å². The molecule has 0 unspecified atom stereocenters. The largest absolute Gasteiger partial charge is 0.317 e. The Labute approximate surface area is 121 Å². The van der Waals surface area contributed by atoms with Crippen molar-refractivity contribution >= 4 is 10.0 Å². The van der Waals surface area contributed by atoms with Crippen LogP contribution in [0.5, 0.6) is 0 Å². The number of nitrogens with zero attached hydrogens (tertiary/aromatic N) is 3. The first-order chi connectivity index (χ1) is 9.64. The molecule has 0 aromatic carbocycles. The molecule has 0 bridgehead atoms. The Balaban J connectivity index is 1.96. The van der Waals surface area contributed by atoms with E-state index in [4.69, 9.17) is 0 Å². The first kappa shape index (κ1) is 15.5. The Morgan fingerprint density at radius 3 is 2.75 bits per heavy atom. The van der Waals surface area contributed by atoms with Crippen molar-refractivity contribution in [2.75, 3.05) is 26.2 Å². The minimum atomic E-state index is -3.34. The van der Waals surface area contributed by atoms with Crippen LogP contribution in [0.25, 0.3) is 0 Å². The van der Waals surface area contributed by atoms with Crippen LogP contribution in [0, 0.1) is 0 Å².